The Morgan fingerprint density at radius 2 is 1.92 bits per heavy atom. The van der Waals surface area contributed by atoms with Gasteiger partial charge in [0.15, 0.2) is 5.13 Å². The molecule has 1 aromatic carbocycles. The van der Waals surface area contributed by atoms with Gasteiger partial charge < -0.3 is 5.32 Å². The fourth-order valence-electron chi connectivity index (χ4n) is 2.21. The van der Waals surface area contributed by atoms with Crippen molar-refractivity contribution in [1.82, 2.24) is 9.88 Å². The molecule has 6 nitrogen and oxygen atoms in total. The molecule has 0 aliphatic carbocycles. The molecule has 1 aliphatic rings. The monoisotopic (exact) mass is 425 g/mol. The molecule has 1 aromatic heterocycles. The minimum Gasteiger partial charge on any atom is -0.301 e. The van der Waals surface area contributed by atoms with E-state index in [0.29, 0.717) is 10.2 Å². The highest BCUT2D eigenvalue weighted by Gasteiger charge is 2.32. The van der Waals surface area contributed by atoms with E-state index in [0.717, 1.165) is 27.9 Å². The van der Waals surface area contributed by atoms with Gasteiger partial charge in [0, 0.05) is 28.8 Å². The summed E-state index contributed by atoms with van der Waals surface area (Å²) in [6, 6.07) is 7.24. The summed E-state index contributed by atoms with van der Waals surface area (Å²) in [5, 5.41) is 5.61. The van der Waals surface area contributed by atoms with E-state index in [9.17, 15) is 14.4 Å². The summed E-state index contributed by atoms with van der Waals surface area (Å²) in [6.45, 7) is 0. The summed E-state index contributed by atoms with van der Waals surface area (Å²) >= 11 is 13.2. The number of carbonyl (C=O) groups excluding carboxylic acids is 3. The number of rotatable bonds is 4. The number of hydrogen-bond donors (Lipinski definition) is 1. The van der Waals surface area contributed by atoms with Crippen LogP contribution in [0.3, 0.4) is 0 Å². The van der Waals surface area contributed by atoms with Crippen molar-refractivity contribution in [2.24, 2.45) is 0 Å². The second kappa shape index (κ2) is 8.26. The summed E-state index contributed by atoms with van der Waals surface area (Å²) in [4.78, 5) is 40.6. The number of halogens is 1. The average molecular weight is 426 g/mol. The van der Waals surface area contributed by atoms with Crippen molar-refractivity contribution in [2.75, 3.05) is 11.1 Å². The molecule has 0 spiro atoms. The molecule has 0 saturated carbocycles. The zero-order valence-electron chi connectivity index (χ0n) is 13.2. The lowest BCUT2D eigenvalue weighted by atomic mass is 10.2. The van der Waals surface area contributed by atoms with Crippen molar-refractivity contribution in [3.05, 3.63) is 34.7 Å². The Labute approximate surface area is 167 Å². The molecule has 10 heteroatoms. The van der Waals surface area contributed by atoms with Gasteiger partial charge in [0.05, 0.1) is 11.4 Å². The van der Waals surface area contributed by atoms with Crippen LogP contribution in [0.15, 0.2) is 29.6 Å². The molecule has 2 aromatic rings. The van der Waals surface area contributed by atoms with Crippen LogP contribution in [-0.2, 0) is 14.4 Å². The molecule has 1 saturated heterocycles. The molecule has 134 valence electrons. The van der Waals surface area contributed by atoms with Crippen LogP contribution in [0.2, 0.25) is 5.02 Å². The zero-order chi connectivity index (χ0) is 18.7. The van der Waals surface area contributed by atoms with Crippen molar-refractivity contribution in [3.63, 3.8) is 0 Å². The number of nitrogens with one attached hydrogen (secondary N) is 1. The number of amides is 3. The van der Waals surface area contributed by atoms with Gasteiger partial charge in [-0.15, -0.1) is 11.3 Å². The van der Waals surface area contributed by atoms with Gasteiger partial charge in [-0.3, -0.25) is 14.4 Å². The van der Waals surface area contributed by atoms with Gasteiger partial charge >= 0.3 is 0 Å². The second-order valence-corrected chi connectivity index (χ2v) is 8.17. The highest BCUT2D eigenvalue weighted by molar-refractivity contribution is 8.23. The first kappa shape index (κ1) is 19.0. The Morgan fingerprint density at radius 3 is 2.58 bits per heavy atom. The van der Waals surface area contributed by atoms with Gasteiger partial charge in [-0.2, -0.15) is 0 Å². The first-order chi connectivity index (χ1) is 12.4. The summed E-state index contributed by atoms with van der Waals surface area (Å²) < 4.78 is 0.105. The number of thiocarbonyl (C=S) groups is 1. The Hall–Kier alpha value is -1.81. The topological polar surface area (TPSA) is 79.4 Å². The second-order valence-electron chi connectivity index (χ2n) is 5.27. The first-order valence-electron chi connectivity index (χ1n) is 7.48. The van der Waals surface area contributed by atoms with Crippen LogP contribution in [0, 0.1) is 0 Å². The fourth-order valence-corrected chi connectivity index (χ4v) is 4.11. The third-order valence-corrected chi connectivity index (χ3v) is 5.83. The molecular formula is C16H12ClN3O3S3. The number of likely N-dealkylation sites (tertiary alicyclic amines) is 1. The maximum atomic E-state index is 12.1. The van der Waals surface area contributed by atoms with Crippen LogP contribution in [0.25, 0.3) is 11.3 Å². The summed E-state index contributed by atoms with van der Waals surface area (Å²) in [7, 11) is 0. The average Bonchev–Trinajstić information content (AvgIpc) is 3.20. The van der Waals surface area contributed by atoms with Gasteiger partial charge in [-0.1, -0.05) is 47.7 Å². The van der Waals surface area contributed by atoms with Gasteiger partial charge in [-0.25, -0.2) is 9.88 Å². The van der Waals surface area contributed by atoms with Crippen molar-refractivity contribution in [2.45, 2.75) is 12.8 Å². The first-order valence-corrected chi connectivity index (χ1v) is 10.1. The fraction of sp³-hybridized carbons (Fsp3) is 0.188. The van der Waals surface area contributed by atoms with E-state index in [1.807, 2.05) is 17.5 Å². The van der Waals surface area contributed by atoms with Gasteiger partial charge in [0.1, 0.15) is 4.32 Å². The van der Waals surface area contributed by atoms with Gasteiger partial charge in [0.25, 0.3) is 0 Å². The minimum absolute atomic E-state index is 0.00818. The van der Waals surface area contributed by atoms with Crippen LogP contribution in [0.1, 0.15) is 12.8 Å². The van der Waals surface area contributed by atoms with Gasteiger partial charge in [0.2, 0.25) is 17.7 Å². The lowest BCUT2D eigenvalue weighted by Gasteiger charge is -2.13. The maximum absolute atomic E-state index is 12.1. The summed E-state index contributed by atoms with van der Waals surface area (Å²) in [6.07, 6.45) is 0.330. The molecule has 3 rings (SSSR count). The SMILES string of the molecule is O=C(CSC(=S)N1C(=O)CCC1=O)Nc1nc(-c2ccc(Cl)cc2)cs1. The zero-order valence-corrected chi connectivity index (χ0v) is 16.4. The van der Waals surface area contributed by atoms with Crippen LogP contribution in [0.5, 0.6) is 0 Å². The molecule has 2 heterocycles. The van der Waals surface area contributed by atoms with E-state index < -0.39 is 0 Å². The third-order valence-electron chi connectivity index (χ3n) is 3.45. The van der Waals surface area contributed by atoms with Gasteiger partial charge in [-0.05, 0) is 12.1 Å². The molecule has 1 aliphatic heterocycles. The maximum Gasteiger partial charge on any atom is 0.236 e. The van der Waals surface area contributed by atoms with E-state index >= 15 is 0 Å². The van der Waals surface area contributed by atoms with Crippen LogP contribution >= 0.6 is 46.9 Å². The Morgan fingerprint density at radius 1 is 1.27 bits per heavy atom. The quantitative estimate of drug-likeness (QED) is 0.595. The van der Waals surface area contributed by atoms with Crippen molar-refractivity contribution >= 4 is 74.1 Å². The lowest BCUT2D eigenvalue weighted by molar-refractivity contribution is -0.133. The van der Waals surface area contributed by atoms with E-state index in [4.69, 9.17) is 23.8 Å². The predicted octanol–water partition coefficient (Wildman–Crippen LogP) is 3.57. The molecule has 3 amide bonds. The number of benzene rings is 1. The number of thioether (sulfide) groups is 1. The number of anilines is 1. The van der Waals surface area contributed by atoms with Crippen LogP contribution in [0.4, 0.5) is 5.13 Å². The van der Waals surface area contributed by atoms with E-state index in [2.05, 4.69) is 10.3 Å². The van der Waals surface area contributed by atoms with E-state index in [1.165, 1.54) is 11.3 Å². The number of carbonyl (C=O) groups is 3. The smallest absolute Gasteiger partial charge is 0.236 e. The van der Waals surface area contributed by atoms with Crippen LogP contribution < -0.4 is 5.32 Å². The minimum atomic E-state index is -0.319. The van der Waals surface area contributed by atoms with Crippen LogP contribution in [-0.4, -0.2) is 37.7 Å². The molecule has 1 fully saturated rings. The van der Waals surface area contributed by atoms with E-state index in [-0.39, 0.29) is 40.6 Å². The Balaban J connectivity index is 1.54. The standard InChI is InChI=1S/C16H12ClN3O3S3/c17-10-3-1-9(2-4-10)11-7-25-15(18-11)19-12(21)8-26-16(24)20-13(22)5-6-14(20)23/h1-4,7H,5-6,8H2,(H,18,19,21). The Bertz CT molecular complexity index is 866. The van der Waals surface area contributed by atoms with Crippen molar-refractivity contribution < 1.29 is 14.4 Å². The van der Waals surface area contributed by atoms with Crippen molar-refractivity contribution in [3.8, 4) is 11.3 Å². The number of aromatic nitrogens is 1. The number of imide groups is 1. The molecular weight excluding hydrogens is 414 g/mol. The molecule has 1 N–H and O–H groups in total. The molecule has 0 atom stereocenters. The molecule has 0 unspecified atom stereocenters. The highest BCUT2D eigenvalue weighted by Crippen LogP contribution is 2.26. The number of hydrogen-bond acceptors (Lipinski definition) is 7. The Kier molecular flexibility index (Phi) is 6.02. The lowest BCUT2D eigenvalue weighted by Crippen LogP contribution is -2.33. The van der Waals surface area contributed by atoms with E-state index in [1.54, 1.807) is 12.1 Å². The summed E-state index contributed by atoms with van der Waals surface area (Å²) in [5.41, 5.74) is 1.63. The molecule has 0 radical (unpaired) electrons. The van der Waals surface area contributed by atoms with Crippen molar-refractivity contribution in [1.29, 1.82) is 0 Å². The number of thiazole rings is 1. The normalized spacial score (nSPS) is 14.0. The highest BCUT2D eigenvalue weighted by atomic mass is 35.5. The third kappa shape index (κ3) is 4.47. The summed E-state index contributed by atoms with van der Waals surface area (Å²) in [5.74, 6) is -0.958. The largest absolute Gasteiger partial charge is 0.301 e. The number of nitrogens with zero attached hydrogens (tertiary/aromatic N) is 2. The predicted molar refractivity (Wildman–Crippen MR) is 107 cm³/mol. The molecule has 26 heavy (non-hydrogen) atoms. The molecule has 0 bridgehead atoms.